The Labute approximate surface area is 165 Å². The second kappa shape index (κ2) is 7.64. The third-order valence-corrected chi connectivity index (χ3v) is 6.22. The third-order valence-electron chi connectivity index (χ3n) is 5.84. The van der Waals surface area contributed by atoms with Crippen LogP contribution in [0.25, 0.3) is 0 Å². The van der Waals surface area contributed by atoms with Crippen LogP contribution in [0.5, 0.6) is 0 Å². The van der Waals surface area contributed by atoms with E-state index in [0.29, 0.717) is 29.0 Å². The number of aromatic nitrogens is 2. The molecular formula is C21H27ClN4O. The Bertz CT molecular complexity index is 823. The highest BCUT2D eigenvalue weighted by molar-refractivity contribution is 6.33. The molecule has 1 atom stereocenters. The lowest BCUT2D eigenvalue weighted by Gasteiger charge is -2.23. The maximum Gasteiger partial charge on any atom is 0.258 e. The van der Waals surface area contributed by atoms with Gasteiger partial charge in [0.05, 0.1) is 17.8 Å². The van der Waals surface area contributed by atoms with Gasteiger partial charge in [-0.15, -0.1) is 0 Å². The topological polar surface area (TPSA) is 41.4 Å². The van der Waals surface area contributed by atoms with Crippen LogP contribution in [0.3, 0.4) is 0 Å². The number of nitrogens with zero attached hydrogens (tertiary/aromatic N) is 4. The van der Waals surface area contributed by atoms with Crippen molar-refractivity contribution < 1.29 is 4.79 Å². The first-order chi connectivity index (χ1) is 13.0. The number of likely N-dealkylation sites (tertiary alicyclic amines) is 2. The van der Waals surface area contributed by atoms with Crippen molar-refractivity contribution in [2.24, 2.45) is 0 Å². The minimum Gasteiger partial charge on any atom is -0.337 e. The van der Waals surface area contributed by atoms with E-state index in [1.807, 2.05) is 11.8 Å². The van der Waals surface area contributed by atoms with Gasteiger partial charge < -0.3 is 4.90 Å². The maximum absolute atomic E-state index is 13.1. The molecule has 2 aromatic rings. The van der Waals surface area contributed by atoms with Gasteiger partial charge in [0, 0.05) is 19.1 Å². The fraction of sp³-hybridized carbons (Fsp3) is 0.524. The highest BCUT2D eigenvalue weighted by Crippen LogP contribution is 2.26. The van der Waals surface area contributed by atoms with E-state index in [4.69, 9.17) is 11.6 Å². The highest BCUT2D eigenvalue weighted by Gasteiger charge is 2.34. The lowest BCUT2D eigenvalue weighted by Crippen LogP contribution is -2.37. The van der Waals surface area contributed by atoms with Crippen LogP contribution in [0.1, 0.15) is 46.4 Å². The predicted octanol–water partition coefficient (Wildman–Crippen LogP) is 3.51. The number of amides is 1. The van der Waals surface area contributed by atoms with Crippen molar-refractivity contribution in [3.63, 3.8) is 0 Å². The van der Waals surface area contributed by atoms with Crippen LogP contribution in [0.4, 0.5) is 0 Å². The summed E-state index contributed by atoms with van der Waals surface area (Å²) in [5.41, 5.74) is 3.62. The summed E-state index contributed by atoms with van der Waals surface area (Å²) in [6, 6.07) is 8.80. The van der Waals surface area contributed by atoms with Gasteiger partial charge in [0.2, 0.25) is 0 Å². The van der Waals surface area contributed by atoms with E-state index in [0.717, 1.165) is 25.1 Å². The zero-order valence-corrected chi connectivity index (χ0v) is 16.9. The van der Waals surface area contributed by atoms with E-state index in [1.54, 1.807) is 4.68 Å². The number of hydrogen-bond donors (Lipinski definition) is 0. The average molecular weight is 387 g/mol. The Hall–Kier alpha value is -1.85. The van der Waals surface area contributed by atoms with Crippen molar-refractivity contribution >= 4 is 17.5 Å². The molecule has 0 aliphatic carbocycles. The van der Waals surface area contributed by atoms with Gasteiger partial charge in [-0.3, -0.25) is 9.69 Å². The number of carbonyl (C=O) groups excluding carboxylic acids is 1. The van der Waals surface area contributed by atoms with E-state index in [-0.39, 0.29) is 5.91 Å². The number of benzene rings is 1. The van der Waals surface area contributed by atoms with Crippen LogP contribution in [-0.4, -0.2) is 57.7 Å². The Morgan fingerprint density at radius 3 is 2.56 bits per heavy atom. The smallest absolute Gasteiger partial charge is 0.258 e. The van der Waals surface area contributed by atoms with Crippen LogP contribution in [0, 0.1) is 13.8 Å². The molecular weight excluding hydrogens is 360 g/mol. The normalized spacial score (nSPS) is 20.6. The van der Waals surface area contributed by atoms with Gasteiger partial charge >= 0.3 is 0 Å². The zero-order valence-electron chi connectivity index (χ0n) is 16.1. The highest BCUT2D eigenvalue weighted by atomic mass is 35.5. The molecule has 27 heavy (non-hydrogen) atoms. The molecule has 1 amide bonds. The zero-order chi connectivity index (χ0) is 19.0. The van der Waals surface area contributed by atoms with Crippen molar-refractivity contribution in [3.05, 3.63) is 51.8 Å². The Morgan fingerprint density at radius 1 is 1.15 bits per heavy atom. The third kappa shape index (κ3) is 3.76. The molecule has 0 saturated carbocycles. The van der Waals surface area contributed by atoms with Crippen molar-refractivity contribution in [1.82, 2.24) is 19.6 Å². The van der Waals surface area contributed by atoms with Gasteiger partial charge in [0.25, 0.3) is 5.91 Å². The monoisotopic (exact) mass is 386 g/mol. The molecule has 2 saturated heterocycles. The molecule has 6 heteroatoms. The molecule has 0 spiro atoms. The Kier molecular flexibility index (Phi) is 5.24. The fourth-order valence-electron chi connectivity index (χ4n) is 4.26. The fourth-order valence-corrected chi connectivity index (χ4v) is 4.57. The predicted molar refractivity (Wildman–Crippen MR) is 107 cm³/mol. The summed E-state index contributed by atoms with van der Waals surface area (Å²) in [5, 5.41) is 4.99. The molecule has 0 bridgehead atoms. The van der Waals surface area contributed by atoms with E-state index < -0.39 is 0 Å². The van der Waals surface area contributed by atoms with Crippen molar-refractivity contribution in [3.8, 4) is 0 Å². The molecule has 1 unspecified atom stereocenters. The summed E-state index contributed by atoms with van der Waals surface area (Å²) in [6.07, 6.45) is 3.61. The average Bonchev–Trinajstić information content (AvgIpc) is 3.38. The number of halogens is 1. The summed E-state index contributed by atoms with van der Waals surface area (Å²) >= 11 is 6.59. The van der Waals surface area contributed by atoms with E-state index in [2.05, 4.69) is 41.2 Å². The molecule has 0 N–H and O–H groups in total. The van der Waals surface area contributed by atoms with Crippen LogP contribution in [0.15, 0.2) is 24.3 Å². The molecule has 1 aromatic heterocycles. The number of rotatable bonds is 4. The van der Waals surface area contributed by atoms with Crippen molar-refractivity contribution in [2.75, 3.05) is 26.2 Å². The van der Waals surface area contributed by atoms with Gasteiger partial charge in [-0.05, 0) is 51.8 Å². The minimum absolute atomic E-state index is 0.0225. The number of aryl methyl sites for hydroxylation is 2. The number of hydrogen-bond acceptors (Lipinski definition) is 3. The SMILES string of the molecule is Cc1ccc(Cn2nc(C)c(C(=O)N3CCC(N4CCCC4)C3)c2Cl)cc1. The molecule has 2 aliphatic heterocycles. The van der Waals surface area contributed by atoms with Crippen molar-refractivity contribution in [2.45, 2.75) is 45.7 Å². The van der Waals surface area contributed by atoms with Crippen LogP contribution in [-0.2, 0) is 6.54 Å². The minimum atomic E-state index is 0.0225. The Morgan fingerprint density at radius 2 is 1.85 bits per heavy atom. The molecule has 2 fully saturated rings. The van der Waals surface area contributed by atoms with Crippen LogP contribution in [0.2, 0.25) is 5.15 Å². The molecule has 3 heterocycles. The molecule has 144 valence electrons. The van der Waals surface area contributed by atoms with Gasteiger partial charge in [-0.1, -0.05) is 41.4 Å². The summed E-state index contributed by atoms with van der Waals surface area (Å²) in [4.78, 5) is 17.6. The quantitative estimate of drug-likeness (QED) is 0.807. The lowest BCUT2D eigenvalue weighted by atomic mass is 10.1. The second-order valence-electron chi connectivity index (χ2n) is 7.83. The standard InChI is InChI=1S/C21H27ClN4O/c1-15-5-7-17(8-6-15)13-26-20(22)19(16(2)23-26)21(27)25-12-9-18(14-25)24-10-3-4-11-24/h5-8,18H,3-4,9-14H2,1-2H3. The molecule has 0 radical (unpaired) electrons. The Balaban J connectivity index is 1.49. The van der Waals surface area contributed by atoms with Gasteiger partial charge in [-0.25, -0.2) is 4.68 Å². The first-order valence-electron chi connectivity index (χ1n) is 9.84. The number of carbonyl (C=O) groups is 1. The van der Waals surface area contributed by atoms with Gasteiger partial charge in [-0.2, -0.15) is 5.10 Å². The summed E-state index contributed by atoms with van der Waals surface area (Å²) in [5.74, 6) is 0.0225. The first-order valence-corrected chi connectivity index (χ1v) is 10.2. The molecule has 1 aromatic carbocycles. The van der Waals surface area contributed by atoms with E-state index in [1.165, 1.54) is 31.5 Å². The van der Waals surface area contributed by atoms with Crippen molar-refractivity contribution in [1.29, 1.82) is 0 Å². The largest absolute Gasteiger partial charge is 0.337 e. The summed E-state index contributed by atoms with van der Waals surface area (Å²) in [7, 11) is 0. The molecule has 5 nitrogen and oxygen atoms in total. The molecule has 4 rings (SSSR count). The van der Waals surface area contributed by atoms with Gasteiger partial charge in [0.1, 0.15) is 5.15 Å². The van der Waals surface area contributed by atoms with Crippen LogP contribution >= 0.6 is 11.6 Å². The van der Waals surface area contributed by atoms with E-state index in [9.17, 15) is 4.79 Å². The first kappa shape index (κ1) is 18.5. The molecule has 2 aliphatic rings. The van der Waals surface area contributed by atoms with Gasteiger partial charge in [0.15, 0.2) is 0 Å². The second-order valence-corrected chi connectivity index (χ2v) is 8.19. The summed E-state index contributed by atoms with van der Waals surface area (Å²) < 4.78 is 1.74. The maximum atomic E-state index is 13.1. The van der Waals surface area contributed by atoms with E-state index >= 15 is 0 Å². The van der Waals surface area contributed by atoms with Crippen LogP contribution < -0.4 is 0 Å². The summed E-state index contributed by atoms with van der Waals surface area (Å²) in [6.45, 7) is 8.46. The lowest BCUT2D eigenvalue weighted by molar-refractivity contribution is 0.0779.